The standard InChI is InChI=1S/C22H45Br/c1-5-9-13-14-15-16-18-21(17-10-6-2)22(23,19-11-7-3)20-12-8-4/h21H,5-20H2,1-4H3. The van der Waals surface area contributed by atoms with Gasteiger partial charge in [-0.15, -0.1) is 0 Å². The van der Waals surface area contributed by atoms with E-state index in [0.717, 1.165) is 5.92 Å². The fraction of sp³-hybridized carbons (Fsp3) is 1.00. The molecular weight excluding hydrogens is 344 g/mol. The molecule has 0 spiro atoms. The molecule has 1 heteroatoms. The van der Waals surface area contributed by atoms with Crippen LogP contribution in [0.5, 0.6) is 0 Å². The number of alkyl halides is 1. The van der Waals surface area contributed by atoms with Crippen molar-refractivity contribution in [2.24, 2.45) is 5.92 Å². The fourth-order valence-electron chi connectivity index (χ4n) is 3.76. The zero-order chi connectivity index (χ0) is 17.4. The van der Waals surface area contributed by atoms with Crippen LogP contribution in [-0.4, -0.2) is 4.32 Å². The van der Waals surface area contributed by atoms with E-state index < -0.39 is 0 Å². The Bertz CT molecular complexity index is 228. The van der Waals surface area contributed by atoms with Crippen LogP contribution in [0.15, 0.2) is 0 Å². The van der Waals surface area contributed by atoms with Crippen LogP contribution in [-0.2, 0) is 0 Å². The van der Waals surface area contributed by atoms with Crippen LogP contribution in [0, 0.1) is 5.92 Å². The highest BCUT2D eigenvalue weighted by atomic mass is 79.9. The van der Waals surface area contributed by atoms with Gasteiger partial charge in [-0.05, 0) is 31.6 Å². The molecule has 0 aromatic heterocycles. The molecule has 0 heterocycles. The number of hydrogen-bond donors (Lipinski definition) is 0. The van der Waals surface area contributed by atoms with E-state index in [0.29, 0.717) is 4.32 Å². The molecule has 0 aromatic carbocycles. The summed E-state index contributed by atoms with van der Waals surface area (Å²) in [5.41, 5.74) is 0. The van der Waals surface area contributed by atoms with Crippen molar-refractivity contribution < 1.29 is 0 Å². The summed E-state index contributed by atoms with van der Waals surface area (Å²) < 4.78 is 0.428. The number of hydrogen-bond acceptors (Lipinski definition) is 0. The molecule has 0 radical (unpaired) electrons. The SMILES string of the molecule is CCCCCCCCC(CCCC)C(Br)(CCCC)CCCC. The summed E-state index contributed by atoms with van der Waals surface area (Å²) in [6, 6.07) is 0. The summed E-state index contributed by atoms with van der Waals surface area (Å²) in [5.74, 6) is 0.895. The Morgan fingerprint density at radius 1 is 0.565 bits per heavy atom. The van der Waals surface area contributed by atoms with Crippen molar-refractivity contribution in [1.29, 1.82) is 0 Å². The number of unbranched alkanes of at least 4 members (excludes halogenated alkanes) is 8. The summed E-state index contributed by atoms with van der Waals surface area (Å²) >= 11 is 4.28. The van der Waals surface area contributed by atoms with E-state index in [-0.39, 0.29) is 0 Å². The fourth-order valence-corrected chi connectivity index (χ4v) is 4.78. The smallest absolute Gasteiger partial charge is 0.0286 e. The summed E-state index contributed by atoms with van der Waals surface area (Å²) in [6.45, 7) is 9.32. The molecule has 0 aromatic rings. The normalized spacial score (nSPS) is 13.4. The molecule has 0 saturated heterocycles. The van der Waals surface area contributed by atoms with Crippen molar-refractivity contribution in [1.82, 2.24) is 0 Å². The minimum Gasteiger partial charge on any atom is -0.0850 e. The number of halogens is 1. The van der Waals surface area contributed by atoms with E-state index >= 15 is 0 Å². The molecule has 0 aliphatic heterocycles. The largest absolute Gasteiger partial charge is 0.0850 e. The van der Waals surface area contributed by atoms with Crippen molar-refractivity contribution >= 4 is 15.9 Å². The van der Waals surface area contributed by atoms with Crippen LogP contribution >= 0.6 is 15.9 Å². The third-order valence-electron chi connectivity index (χ3n) is 5.44. The lowest BCUT2D eigenvalue weighted by Crippen LogP contribution is -2.32. The molecule has 0 nitrogen and oxygen atoms in total. The van der Waals surface area contributed by atoms with Gasteiger partial charge < -0.3 is 0 Å². The maximum absolute atomic E-state index is 4.28. The first-order valence-electron chi connectivity index (χ1n) is 10.8. The van der Waals surface area contributed by atoms with E-state index in [1.807, 2.05) is 0 Å². The molecule has 0 aliphatic carbocycles. The summed E-state index contributed by atoms with van der Waals surface area (Å²) in [7, 11) is 0. The monoisotopic (exact) mass is 388 g/mol. The lowest BCUT2D eigenvalue weighted by molar-refractivity contribution is 0.282. The van der Waals surface area contributed by atoms with Crippen LogP contribution < -0.4 is 0 Å². The quantitative estimate of drug-likeness (QED) is 0.172. The van der Waals surface area contributed by atoms with Crippen molar-refractivity contribution in [2.75, 3.05) is 0 Å². The van der Waals surface area contributed by atoms with Gasteiger partial charge in [0.25, 0.3) is 0 Å². The first kappa shape index (κ1) is 23.5. The zero-order valence-corrected chi connectivity index (χ0v) is 18.4. The second-order valence-electron chi connectivity index (χ2n) is 7.64. The van der Waals surface area contributed by atoms with Crippen LogP contribution in [0.25, 0.3) is 0 Å². The summed E-state index contributed by atoms with van der Waals surface area (Å²) in [4.78, 5) is 0. The maximum Gasteiger partial charge on any atom is 0.0286 e. The van der Waals surface area contributed by atoms with Gasteiger partial charge in [0.15, 0.2) is 0 Å². The molecule has 0 N–H and O–H groups in total. The molecule has 0 amide bonds. The Kier molecular flexibility index (Phi) is 16.3. The van der Waals surface area contributed by atoms with E-state index in [4.69, 9.17) is 0 Å². The van der Waals surface area contributed by atoms with Gasteiger partial charge in [0.05, 0.1) is 0 Å². The van der Waals surface area contributed by atoms with Crippen molar-refractivity contribution in [3.63, 3.8) is 0 Å². The lowest BCUT2D eigenvalue weighted by Gasteiger charge is -2.37. The highest BCUT2D eigenvalue weighted by Gasteiger charge is 2.34. The van der Waals surface area contributed by atoms with Gasteiger partial charge in [-0.25, -0.2) is 0 Å². The van der Waals surface area contributed by atoms with Gasteiger partial charge in [0.2, 0.25) is 0 Å². The van der Waals surface area contributed by atoms with Gasteiger partial charge in [-0.2, -0.15) is 0 Å². The molecule has 1 atom stereocenters. The topological polar surface area (TPSA) is 0 Å². The zero-order valence-electron chi connectivity index (χ0n) is 16.8. The summed E-state index contributed by atoms with van der Waals surface area (Å²) in [5, 5.41) is 0. The molecule has 1 unspecified atom stereocenters. The van der Waals surface area contributed by atoms with E-state index in [1.165, 1.54) is 103 Å². The molecule has 0 aliphatic rings. The Morgan fingerprint density at radius 3 is 1.52 bits per heavy atom. The second kappa shape index (κ2) is 16.0. The molecule has 0 rings (SSSR count). The predicted octanol–water partition coefficient (Wildman–Crippen LogP) is 9.06. The molecule has 0 bridgehead atoms. The van der Waals surface area contributed by atoms with Crippen molar-refractivity contribution in [3.8, 4) is 0 Å². The van der Waals surface area contributed by atoms with E-state index in [9.17, 15) is 0 Å². The predicted molar refractivity (Wildman–Crippen MR) is 112 cm³/mol. The van der Waals surface area contributed by atoms with Crippen LogP contribution in [0.1, 0.15) is 130 Å². The molecule has 140 valence electrons. The Hall–Kier alpha value is 0.480. The highest BCUT2D eigenvalue weighted by Crippen LogP contribution is 2.43. The van der Waals surface area contributed by atoms with Crippen LogP contribution in [0.3, 0.4) is 0 Å². The lowest BCUT2D eigenvalue weighted by atomic mass is 9.78. The van der Waals surface area contributed by atoms with Gasteiger partial charge in [-0.3, -0.25) is 0 Å². The van der Waals surface area contributed by atoms with Crippen molar-refractivity contribution in [3.05, 3.63) is 0 Å². The van der Waals surface area contributed by atoms with Crippen LogP contribution in [0.2, 0.25) is 0 Å². The van der Waals surface area contributed by atoms with Crippen molar-refractivity contribution in [2.45, 2.75) is 135 Å². The first-order chi connectivity index (χ1) is 11.1. The highest BCUT2D eigenvalue weighted by molar-refractivity contribution is 9.10. The average Bonchev–Trinajstić information content (AvgIpc) is 2.56. The summed E-state index contributed by atoms with van der Waals surface area (Å²) in [6.07, 6.45) is 22.4. The molecule has 23 heavy (non-hydrogen) atoms. The average molecular weight is 390 g/mol. The molecule has 0 fully saturated rings. The Morgan fingerprint density at radius 2 is 1.00 bits per heavy atom. The third kappa shape index (κ3) is 11.6. The van der Waals surface area contributed by atoms with E-state index in [1.54, 1.807) is 0 Å². The maximum atomic E-state index is 4.28. The van der Waals surface area contributed by atoms with E-state index in [2.05, 4.69) is 43.6 Å². The van der Waals surface area contributed by atoms with Gasteiger partial charge in [0.1, 0.15) is 0 Å². The van der Waals surface area contributed by atoms with Gasteiger partial charge in [0, 0.05) is 4.32 Å². The minimum atomic E-state index is 0.428. The van der Waals surface area contributed by atoms with Crippen LogP contribution in [0.4, 0.5) is 0 Å². The molecular formula is C22H45Br. The Labute approximate surface area is 156 Å². The minimum absolute atomic E-state index is 0.428. The molecule has 0 saturated carbocycles. The van der Waals surface area contributed by atoms with Gasteiger partial charge in [-0.1, -0.05) is 121 Å². The third-order valence-corrected chi connectivity index (χ3v) is 6.88. The Balaban J connectivity index is 4.50. The second-order valence-corrected chi connectivity index (χ2v) is 9.22. The number of rotatable bonds is 17. The first-order valence-corrected chi connectivity index (χ1v) is 11.6. The van der Waals surface area contributed by atoms with Gasteiger partial charge >= 0.3 is 0 Å².